The Balaban J connectivity index is 2.23. The Bertz CT molecular complexity index is 1100. The van der Waals surface area contributed by atoms with Crippen molar-refractivity contribution in [1.82, 2.24) is 9.97 Å². The molecule has 2 aromatic rings. The van der Waals surface area contributed by atoms with E-state index in [0.29, 0.717) is 16.8 Å². The molecule has 1 aliphatic heterocycles. The summed E-state index contributed by atoms with van der Waals surface area (Å²) < 4.78 is 5.18. The molecule has 0 unspecified atom stereocenters. The van der Waals surface area contributed by atoms with Crippen molar-refractivity contribution < 1.29 is 9.53 Å². The molecule has 0 saturated heterocycles. The predicted molar refractivity (Wildman–Crippen MR) is 98.2 cm³/mol. The molecule has 136 valence electrons. The summed E-state index contributed by atoms with van der Waals surface area (Å²) in [6.07, 6.45) is 1.44. The molecule has 1 aliphatic rings. The standard InChI is InChI=1S/C19H16N4O4/c1-3-8-27-18(25)13-10(2)21-16-15(17(24)23-19(26)22-16)14(13)12-6-4-11(9-20)5-7-12/h3-7,14H,1,8H2,2H3,(H3,21,22,23,24,26)/t14-/m1/s1. The minimum Gasteiger partial charge on any atom is -0.458 e. The van der Waals surface area contributed by atoms with Crippen LogP contribution < -0.4 is 16.6 Å². The number of esters is 1. The number of aromatic amines is 2. The normalized spacial score (nSPS) is 15.3. The lowest BCUT2D eigenvalue weighted by Gasteiger charge is -2.28. The summed E-state index contributed by atoms with van der Waals surface area (Å²) in [6, 6.07) is 8.54. The Labute approximate surface area is 153 Å². The molecule has 0 amide bonds. The van der Waals surface area contributed by atoms with E-state index in [-0.39, 0.29) is 23.6 Å². The number of nitrogens with zero attached hydrogens (tertiary/aromatic N) is 1. The zero-order valence-electron chi connectivity index (χ0n) is 14.5. The molecule has 0 bridgehead atoms. The quantitative estimate of drug-likeness (QED) is 0.557. The van der Waals surface area contributed by atoms with E-state index in [1.807, 2.05) is 6.07 Å². The van der Waals surface area contributed by atoms with E-state index in [0.717, 1.165) is 0 Å². The van der Waals surface area contributed by atoms with Gasteiger partial charge < -0.3 is 10.1 Å². The van der Waals surface area contributed by atoms with E-state index < -0.39 is 23.1 Å². The number of benzene rings is 1. The van der Waals surface area contributed by atoms with Crippen molar-refractivity contribution in [3.05, 3.63) is 85.7 Å². The van der Waals surface area contributed by atoms with Crippen molar-refractivity contribution in [2.75, 3.05) is 11.9 Å². The summed E-state index contributed by atoms with van der Waals surface area (Å²) >= 11 is 0. The molecule has 0 radical (unpaired) electrons. The first-order valence-electron chi connectivity index (χ1n) is 8.08. The molecule has 8 nitrogen and oxygen atoms in total. The number of allylic oxidation sites excluding steroid dienone is 1. The number of ether oxygens (including phenoxy) is 1. The Morgan fingerprint density at radius 3 is 2.63 bits per heavy atom. The third-order valence-corrected chi connectivity index (χ3v) is 4.20. The second-order valence-electron chi connectivity index (χ2n) is 5.91. The minimum atomic E-state index is -0.771. The lowest BCUT2D eigenvalue weighted by atomic mass is 9.82. The summed E-state index contributed by atoms with van der Waals surface area (Å²) in [7, 11) is 0. The number of H-pyrrole nitrogens is 2. The highest BCUT2D eigenvalue weighted by molar-refractivity contribution is 5.94. The first kappa shape index (κ1) is 17.9. The SMILES string of the molecule is C=CCOC(=O)C1=C(C)Nc2[nH]c(=O)[nH]c(=O)c2[C@@H]1c1ccc(C#N)cc1. The third-order valence-electron chi connectivity index (χ3n) is 4.20. The summed E-state index contributed by atoms with van der Waals surface area (Å²) in [5.41, 5.74) is 0.667. The van der Waals surface area contributed by atoms with Gasteiger partial charge in [0.2, 0.25) is 0 Å². The molecule has 0 spiro atoms. The van der Waals surface area contributed by atoms with Gasteiger partial charge in [0.05, 0.1) is 28.7 Å². The first-order valence-corrected chi connectivity index (χ1v) is 8.08. The summed E-state index contributed by atoms with van der Waals surface area (Å²) in [5, 5.41) is 11.9. The van der Waals surface area contributed by atoms with Crippen LogP contribution in [0, 0.1) is 11.3 Å². The van der Waals surface area contributed by atoms with Crippen LogP contribution in [-0.2, 0) is 9.53 Å². The number of nitriles is 1. The van der Waals surface area contributed by atoms with Gasteiger partial charge in [0.15, 0.2) is 0 Å². The van der Waals surface area contributed by atoms with Gasteiger partial charge in [0.1, 0.15) is 12.4 Å². The molecular weight excluding hydrogens is 348 g/mol. The van der Waals surface area contributed by atoms with Gasteiger partial charge in [-0.25, -0.2) is 9.59 Å². The number of hydrogen-bond acceptors (Lipinski definition) is 6. The molecule has 8 heteroatoms. The van der Waals surface area contributed by atoms with Crippen molar-refractivity contribution >= 4 is 11.8 Å². The molecule has 3 rings (SSSR count). The maximum atomic E-state index is 12.7. The predicted octanol–water partition coefficient (Wildman–Crippen LogP) is 1.50. The summed E-state index contributed by atoms with van der Waals surface area (Å²) in [6.45, 7) is 5.19. The zero-order chi connectivity index (χ0) is 19.6. The Morgan fingerprint density at radius 1 is 1.30 bits per heavy atom. The van der Waals surface area contributed by atoms with E-state index >= 15 is 0 Å². The van der Waals surface area contributed by atoms with Crippen LogP contribution in [0.25, 0.3) is 0 Å². The number of nitrogens with one attached hydrogen (secondary N) is 3. The summed E-state index contributed by atoms with van der Waals surface area (Å²) in [5.74, 6) is -1.16. The number of fused-ring (bicyclic) bond motifs is 1. The molecule has 1 atom stereocenters. The monoisotopic (exact) mass is 364 g/mol. The fraction of sp³-hybridized carbons (Fsp3) is 0.158. The molecule has 2 heterocycles. The number of carbonyl (C=O) groups excluding carboxylic acids is 1. The molecule has 3 N–H and O–H groups in total. The molecule has 0 fully saturated rings. The second kappa shape index (κ2) is 7.17. The van der Waals surface area contributed by atoms with Crippen LogP contribution in [0.3, 0.4) is 0 Å². The van der Waals surface area contributed by atoms with Crippen LogP contribution in [0.2, 0.25) is 0 Å². The van der Waals surface area contributed by atoms with Gasteiger partial charge in [0.25, 0.3) is 5.56 Å². The van der Waals surface area contributed by atoms with Crippen LogP contribution in [0.5, 0.6) is 0 Å². The number of carbonyl (C=O) groups is 1. The van der Waals surface area contributed by atoms with E-state index in [9.17, 15) is 14.4 Å². The molecule has 1 aromatic carbocycles. The van der Waals surface area contributed by atoms with Gasteiger partial charge in [-0.15, -0.1) is 0 Å². The van der Waals surface area contributed by atoms with Gasteiger partial charge >= 0.3 is 11.7 Å². The lowest BCUT2D eigenvalue weighted by Crippen LogP contribution is -2.35. The number of hydrogen-bond donors (Lipinski definition) is 3. The topological polar surface area (TPSA) is 128 Å². The number of aromatic nitrogens is 2. The fourth-order valence-electron chi connectivity index (χ4n) is 3.05. The highest BCUT2D eigenvalue weighted by atomic mass is 16.5. The largest absolute Gasteiger partial charge is 0.458 e. The van der Waals surface area contributed by atoms with Gasteiger partial charge in [-0.1, -0.05) is 24.8 Å². The van der Waals surface area contributed by atoms with Crippen LogP contribution >= 0.6 is 0 Å². The number of rotatable bonds is 4. The highest BCUT2D eigenvalue weighted by Gasteiger charge is 2.35. The first-order chi connectivity index (χ1) is 13.0. The van der Waals surface area contributed by atoms with E-state index in [1.165, 1.54) is 6.08 Å². The fourth-order valence-corrected chi connectivity index (χ4v) is 3.05. The van der Waals surface area contributed by atoms with Crippen molar-refractivity contribution in [3.63, 3.8) is 0 Å². The van der Waals surface area contributed by atoms with Gasteiger partial charge in [-0.3, -0.25) is 14.8 Å². The van der Waals surface area contributed by atoms with Crippen LogP contribution in [-0.4, -0.2) is 22.5 Å². The average Bonchev–Trinajstić information content (AvgIpc) is 2.64. The highest BCUT2D eigenvalue weighted by Crippen LogP contribution is 2.39. The van der Waals surface area contributed by atoms with Gasteiger partial charge in [0, 0.05) is 5.70 Å². The van der Waals surface area contributed by atoms with Crippen molar-refractivity contribution in [1.29, 1.82) is 5.26 Å². The zero-order valence-corrected chi connectivity index (χ0v) is 14.5. The third kappa shape index (κ3) is 3.30. The van der Waals surface area contributed by atoms with Crippen molar-refractivity contribution in [3.8, 4) is 6.07 Å². The molecular formula is C19H16N4O4. The van der Waals surface area contributed by atoms with E-state index in [2.05, 4.69) is 21.9 Å². The summed E-state index contributed by atoms with van der Waals surface area (Å²) in [4.78, 5) is 41.6. The van der Waals surface area contributed by atoms with Crippen LogP contribution in [0.1, 0.15) is 29.5 Å². The maximum Gasteiger partial charge on any atom is 0.337 e. The van der Waals surface area contributed by atoms with Gasteiger partial charge in [-0.05, 0) is 24.6 Å². The molecule has 0 aliphatic carbocycles. The second-order valence-corrected chi connectivity index (χ2v) is 5.91. The Morgan fingerprint density at radius 2 is 2.00 bits per heavy atom. The van der Waals surface area contributed by atoms with Crippen LogP contribution in [0.15, 0.2) is 57.8 Å². The maximum absolute atomic E-state index is 12.7. The van der Waals surface area contributed by atoms with E-state index in [1.54, 1.807) is 31.2 Å². The van der Waals surface area contributed by atoms with E-state index in [4.69, 9.17) is 10.00 Å². The lowest BCUT2D eigenvalue weighted by molar-refractivity contribution is -0.138. The van der Waals surface area contributed by atoms with Crippen molar-refractivity contribution in [2.45, 2.75) is 12.8 Å². The molecule has 1 aromatic heterocycles. The van der Waals surface area contributed by atoms with Gasteiger partial charge in [-0.2, -0.15) is 5.26 Å². The molecule has 0 saturated carbocycles. The Hall–Kier alpha value is -3.86. The molecule has 27 heavy (non-hydrogen) atoms. The average molecular weight is 364 g/mol. The minimum absolute atomic E-state index is 0.0184. The van der Waals surface area contributed by atoms with Crippen LogP contribution in [0.4, 0.5) is 5.82 Å². The van der Waals surface area contributed by atoms with Crippen molar-refractivity contribution in [2.24, 2.45) is 0 Å². The smallest absolute Gasteiger partial charge is 0.337 e. The number of anilines is 1. The Kier molecular flexibility index (Phi) is 4.77.